The molecule has 20 heavy (non-hydrogen) atoms. The minimum Gasteiger partial charge on any atom is -0.366 e. The molecule has 0 unspecified atom stereocenters. The molecule has 0 atom stereocenters. The standard InChI is InChI=1S/C14H17N5S/c1-10-17-18-13-12(15-6-7-19(10)13)16-9-14(2,3)11-5-4-8-20-11/h4-8H,9H2,1-3H3,(H,15,16). The van der Waals surface area contributed by atoms with E-state index in [2.05, 4.69) is 51.9 Å². The van der Waals surface area contributed by atoms with E-state index in [9.17, 15) is 0 Å². The van der Waals surface area contributed by atoms with Crippen molar-refractivity contribution in [2.45, 2.75) is 26.2 Å². The fourth-order valence-electron chi connectivity index (χ4n) is 2.12. The molecule has 0 bridgehead atoms. The summed E-state index contributed by atoms with van der Waals surface area (Å²) in [6.45, 7) is 7.17. The van der Waals surface area contributed by atoms with Crippen LogP contribution >= 0.6 is 11.3 Å². The van der Waals surface area contributed by atoms with Crippen molar-refractivity contribution in [3.05, 3.63) is 40.6 Å². The molecule has 0 spiro atoms. The van der Waals surface area contributed by atoms with Gasteiger partial charge in [0.2, 0.25) is 5.65 Å². The third-order valence-electron chi connectivity index (χ3n) is 3.38. The Hall–Kier alpha value is -1.95. The van der Waals surface area contributed by atoms with Crippen LogP contribution < -0.4 is 5.32 Å². The molecule has 1 N–H and O–H groups in total. The van der Waals surface area contributed by atoms with Crippen molar-refractivity contribution in [3.63, 3.8) is 0 Å². The van der Waals surface area contributed by atoms with E-state index in [-0.39, 0.29) is 5.41 Å². The fraction of sp³-hybridized carbons (Fsp3) is 0.357. The first-order valence-corrected chi connectivity index (χ1v) is 7.40. The van der Waals surface area contributed by atoms with Gasteiger partial charge in [0.1, 0.15) is 5.82 Å². The van der Waals surface area contributed by atoms with Gasteiger partial charge in [0.25, 0.3) is 0 Å². The number of aryl methyl sites for hydroxylation is 1. The topological polar surface area (TPSA) is 55.1 Å². The smallest absolute Gasteiger partial charge is 0.203 e. The Labute approximate surface area is 121 Å². The molecule has 0 saturated carbocycles. The minimum absolute atomic E-state index is 0.0533. The van der Waals surface area contributed by atoms with E-state index in [1.807, 2.05) is 17.5 Å². The molecule has 0 fully saturated rings. The van der Waals surface area contributed by atoms with Crippen molar-refractivity contribution < 1.29 is 0 Å². The zero-order valence-corrected chi connectivity index (χ0v) is 12.6. The van der Waals surface area contributed by atoms with E-state index in [4.69, 9.17) is 0 Å². The lowest BCUT2D eigenvalue weighted by Crippen LogP contribution is -2.27. The monoisotopic (exact) mass is 287 g/mol. The fourth-order valence-corrected chi connectivity index (χ4v) is 2.97. The van der Waals surface area contributed by atoms with Gasteiger partial charge in [0.05, 0.1) is 0 Å². The molecular weight excluding hydrogens is 270 g/mol. The Morgan fingerprint density at radius 2 is 2.20 bits per heavy atom. The van der Waals surface area contributed by atoms with Crippen molar-refractivity contribution in [1.29, 1.82) is 0 Å². The van der Waals surface area contributed by atoms with Gasteiger partial charge < -0.3 is 5.32 Å². The van der Waals surface area contributed by atoms with Gasteiger partial charge in [0.15, 0.2) is 5.82 Å². The van der Waals surface area contributed by atoms with Crippen molar-refractivity contribution in [3.8, 4) is 0 Å². The van der Waals surface area contributed by atoms with Crippen LogP contribution in [0.25, 0.3) is 5.65 Å². The summed E-state index contributed by atoms with van der Waals surface area (Å²) in [5, 5.41) is 13.8. The maximum atomic E-state index is 4.37. The van der Waals surface area contributed by atoms with E-state index >= 15 is 0 Å². The summed E-state index contributed by atoms with van der Waals surface area (Å²) in [5.74, 6) is 1.64. The zero-order valence-electron chi connectivity index (χ0n) is 11.8. The summed E-state index contributed by atoms with van der Waals surface area (Å²) in [6, 6.07) is 4.25. The highest BCUT2D eigenvalue weighted by Gasteiger charge is 2.22. The van der Waals surface area contributed by atoms with Gasteiger partial charge in [-0.2, -0.15) is 0 Å². The van der Waals surface area contributed by atoms with Crippen LogP contribution in [0.5, 0.6) is 0 Å². The van der Waals surface area contributed by atoms with Crippen LogP contribution in [-0.4, -0.2) is 26.1 Å². The molecule has 0 amide bonds. The largest absolute Gasteiger partial charge is 0.366 e. The third kappa shape index (κ3) is 2.27. The van der Waals surface area contributed by atoms with E-state index in [0.29, 0.717) is 0 Å². The normalized spacial score (nSPS) is 11.9. The Kier molecular flexibility index (Phi) is 3.17. The Morgan fingerprint density at radius 3 is 2.95 bits per heavy atom. The van der Waals surface area contributed by atoms with Gasteiger partial charge in [-0.1, -0.05) is 19.9 Å². The molecule has 0 aliphatic rings. The van der Waals surface area contributed by atoms with Gasteiger partial charge in [-0.15, -0.1) is 21.5 Å². The maximum absolute atomic E-state index is 4.37. The average Bonchev–Trinajstić information content (AvgIpc) is 3.07. The Balaban J connectivity index is 1.84. The minimum atomic E-state index is 0.0533. The summed E-state index contributed by atoms with van der Waals surface area (Å²) in [5.41, 5.74) is 0.824. The summed E-state index contributed by atoms with van der Waals surface area (Å²) in [4.78, 5) is 5.73. The van der Waals surface area contributed by atoms with Gasteiger partial charge in [-0.05, 0) is 18.4 Å². The Morgan fingerprint density at radius 1 is 1.35 bits per heavy atom. The van der Waals surface area contributed by atoms with E-state index in [1.54, 1.807) is 17.5 Å². The van der Waals surface area contributed by atoms with E-state index < -0.39 is 0 Å². The van der Waals surface area contributed by atoms with E-state index in [0.717, 1.165) is 23.8 Å². The first-order chi connectivity index (χ1) is 9.58. The number of anilines is 1. The first kappa shape index (κ1) is 13.1. The number of hydrogen-bond acceptors (Lipinski definition) is 5. The number of nitrogens with one attached hydrogen (secondary N) is 1. The van der Waals surface area contributed by atoms with Gasteiger partial charge in [-0.25, -0.2) is 4.98 Å². The van der Waals surface area contributed by atoms with Crippen LogP contribution in [-0.2, 0) is 5.41 Å². The second kappa shape index (κ2) is 4.86. The average molecular weight is 287 g/mol. The number of fused-ring (bicyclic) bond motifs is 1. The molecule has 3 aromatic heterocycles. The van der Waals surface area contributed by atoms with Crippen LogP contribution in [0.2, 0.25) is 0 Å². The molecule has 3 aromatic rings. The van der Waals surface area contributed by atoms with Crippen molar-refractivity contribution >= 4 is 22.8 Å². The van der Waals surface area contributed by atoms with Crippen molar-refractivity contribution in [1.82, 2.24) is 19.6 Å². The first-order valence-electron chi connectivity index (χ1n) is 6.52. The van der Waals surface area contributed by atoms with Crippen LogP contribution in [0.4, 0.5) is 5.82 Å². The van der Waals surface area contributed by atoms with Crippen LogP contribution in [0.15, 0.2) is 29.9 Å². The van der Waals surface area contributed by atoms with Crippen molar-refractivity contribution in [2.24, 2.45) is 0 Å². The van der Waals surface area contributed by atoms with Crippen LogP contribution in [0.1, 0.15) is 24.5 Å². The number of rotatable bonds is 4. The Bertz CT molecular complexity index is 714. The number of hydrogen-bond donors (Lipinski definition) is 1. The number of thiophene rings is 1. The predicted octanol–water partition coefficient (Wildman–Crippen LogP) is 2.88. The molecule has 0 aliphatic carbocycles. The molecule has 0 aromatic carbocycles. The number of nitrogens with zero attached hydrogens (tertiary/aromatic N) is 4. The molecule has 0 aliphatic heterocycles. The summed E-state index contributed by atoms with van der Waals surface area (Å²) in [7, 11) is 0. The van der Waals surface area contributed by atoms with Crippen LogP contribution in [0, 0.1) is 6.92 Å². The molecule has 3 rings (SSSR count). The predicted molar refractivity (Wildman–Crippen MR) is 81.4 cm³/mol. The zero-order chi connectivity index (χ0) is 14.2. The highest BCUT2D eigenvalue weighted by molar-refractivity contribution is 7.10. The number of aromatic nitrogens is 4. The molecule has 5 nitrogen and oxygen atoms in total. The second-order valence-electron chi connectivity index (χ2n) is 5.43. The highest BCUT2D eigenvalue weighted by Crippen LogP contribution is 2.28. The van der Waals surface area contributed by atoms with Gasteiger partial charge in [-0.3, -0.25) is 4.40 Å². The molecule has 3 heterocycles. The maximum Gasteiger partial charge on any atom is 0.203 e. The molecule has 0 radical (unpaired) electrons. The molecule has 0 saturated heterocycles. The van der Waals surface area contributed by atoms with E-state index in [1.165, 1.54) is 4.88 Å². The second-order valence-corrected chi connectivity index (χ2v) is 6.38. The summed E-state index contributed by atoms with van der Waals surface area (Å²) >= 11 is 1.78. The van der Waals surface area contributed by atoms with Crippen molar-refractivity contribution in [2.75, 3.05) is 11.9 Å². The van der Waals surface area contributed by atoms with Gasteiger partial charge >= 0.3 is 0 Å². The summed E-state index contributed by atoms with van der Waals surface area (Å²) in [6.07, 6.45) is 3.64. The van der Waals surface area contributed by atoms with Crippen LogP contribution in [0.3, 0.4) is 0 Å². The quantitative estimate of drug-likeness (QED) is 0.801. The highest BCUT2D eigenvalue weighted by atomic mass is 32.1. The lowest BCUT2D eigenvalue weighted by atomic mass is 9.91. The van der Waals surface area contributed by atoms with Gasteiger partial charge in [0, 0.05) is 29.2 Å². The SMILES string of the molecule is Cc1nnc2c(NCC(C)(C)c3cccs3)nccn12. The summed E-state index contributed by atoms with van der Waals surface area (Å²) < 4.78 is 1.94. The molecule has 6 heteroatoms. The molecular formula is C14H17N5S. The third-order valence-corrected chi connectivity index (χ3v) is 4.62. The molecule has 104 valence electrons. The lowest BCUT2D eigenvalue weighted by Gasteiger charge is -2.23. The lowest BCUT2D eigenvalue weighted by molar-refractivity contribution is 0.568.